The normalized spacial score (nSPS) is 19.7. The number of hydrogen-bond donors (Lipinski definition) is 2. The number of aromatic nitrogens is 1. The topological polar surface area (TPSA) is 54.0 Å². The standard InChI is InChI=1S/C12H19N3OS2/c1-9-15-10(8-18-9)2-3-14-12(16)6-11-7-17-5-4-13-11/h8,11,13H,2-7H2,1H3,(H,14,16). The summed E-state index contributed by atoms with van der Waals surface area (Å²) in [6, 6.07) is 0.338. The summed E-state index contributed by atoms with van der Waals surface area (Å²) in [6.45, 7) is 3.70. The molecular formula is C12H19N3OS2. The summed E-state index contributed by atoms with van der Waals surface area (Å²) in [5.74, 6) is 2.34. The smallest absolute Gasteiger partial charge is 0.221 e. The highest BCUT2D eigenvalue weighted by molar-refractivity contribution is 7.99. The maximum atomic E-state index is 11.7. The minimum absolute atomic E-state index is 0.141. The Bertz CT molecular complexity index is 388. The molecular weight excluding hydrogens is 266 g/mol. The molecule has 2 N–H and O–H groups in total. The first-order valence-electron chi connectivity index (χ1n) is 6.23. The van der Waals surface area contributed by atoms with Gasteiger partial charge in [-0.1, -0.05) is 0 Å². The molecule has 0 saturated carbocycles. The number of carbonyl (C=O) groups excluding carboxylic acids is 1. The van der Waals surface area contributed by atoms with Crippen molar-refractivity contribution in [1.82, 2.24) is 15.6 Å². The lowest BCUT2D eigenvalue weighted by atomic mass is 10.2. The van der Waals surface area contributed by atoms with Crippen LogP contribution < -0.4 is 10.6 Å². The van der Waals surface area contributed by atoms with Crippen LogP contribution in [-0.2, 0) is 11.2 Å². The number of rotatable bonds is 5. The second-order valence-electron chi connectivity index (χ2n) is 4.39. The number of carbonyl (C=O) groups is 1. The van der Waals surface area contributed by atoms with Gasteiger partial charge in [0.15, 0.2) is 0 Å². The Morgan fingerprint density at radius 3 is 3.22 bits per heavy atom. The van der Waals surface area contributed by atoms with E-state index < -0.39 is 0 Å². The van der Waals surface area contributed by atoms with E-state index in [2.05, 4.69) is 21.0 Å². The molecule has 18 heavy (non-hydrogen) atoms. The van der Waals surface area contributed by atoms with Crippen LogP contribution in [0.3, 0.4) is 0 Å². The fraction of sp³-hybridized carbons (Fsp3) is 0.667. The summed E-state index contributed by atoms with van der Waals surface area (Å²) >= 11 is 3.57. The van der Waals surface area contributed by atoms with Crippen LogP contribution in [0.4, 0.5) is 0 Å². The van der Waals surface area contributed by atoms with Gasteiger partial charge in [0.05, 0.1) is 10.7 Å². The molecule has 1 aliphatic heterocycles. The number of thioether (sulfide) groups is 1. The average Bonchev–Trinajstić information content (AvgIpc) is 2.76. The van der Waals surface area contributed by atoms with Crippen molar-refractivity contribution in [2.75, 3.05) is 24.6 Å². The zero-order chi connectivity index (χ0) is 12.8. The molecule has 1 atom stereocenters. The molecule has 100 valence electrons. The van der Waals surface area contributed by atoms with Gasteiger partial charge in [0.25, 0.3) is 0 Å². The lowest BCUT2D eigenvalue weighted by molar-refractivity contribution is -0.121. The third kappa shape index (κ3) is 4.59. The number of nitrogens with one attached hydrogen (secondary N) is 2. The Labute approximate surface area is 116 Å². The lowest BCUT2D eigenvalue weighted by Crippen LogP contribution is -2.41. The van der Waals surface area contributed by atoms with Crippen LogP contribution in [0.15, 0.2) is 5.38 Å². The van der Waals surface area contributed by atoms with Crippen molar-refractivity contribution in [3.63, 3.8) is 0 Å². The molecule has 2 rings (SSSR count). The van der Waals surface area contributed by atoms with Gasteiger partial charge >= 0.3 is 0 Å². The van der Waals surface area contributed by atoms with Crippen LogP contribution >= 0.6 is 23.1 Å². The highest BCUT2D eigenvalue weighted by atomic mass is 32.2. The molecule has 2 heterocycles. The van der Waals surface area contributed by atoms with Crippen LogP contribution in [0.1, 0.15) is 17.1 Å². The third-order valence-electron chi connectivity index (χ3n) is 2.80. The zero-order valence-electron chi connectivity index (χ0n) is 10.6. The van der Waals surface area contributed by atoms with E-state index in [0.717, 1.165) is 35.2 Å². The molecule has 0 aromatic carbocycles. The summed E-state index contributed by atoms with van der Waals surface area (Å²) < 4.78 is 0. The van der Waals surface area contributed by atoms with Gasteiger partial charge in [0, 0.05) is 48.9 Å². The Balaban J connectivity index is 1.62. The molecule has 0 bridgehead atoms. The summed E-state index contributed by atoms with van der Waals surface area (Å²) in [5, 5.41) is 9.47. The predicted octanol–water partition coefficient (Wildman–Crippen LogP) is 1.21. The van der Waals surface area contributed by atoms with Crippen LogP contribution in [0.5, 0.6) is 0 Å². The summed E-state index contributed by atoms with van der Waals surface area (Å²) in [4.78, 5) is 16.1. The van der Waals surface area contributed by atoms with Gasteiger partial charge in [-0.05, 0) is 6.92 Å². The van der Waals surface area contributed by atoms with E-state index in [4.69, 9.17) is 0 Å². The van der Waals surface area contributed by atoms with Gasteiger partial charge in [-0.3, -0.25) is 4.79 Å². The van der Waals surface area contributed by atoms with Crippen molar-refractivity contribution in [1.29, 1.82) is 0 Å². The Kier molecular flexibility index (Phi) is 5.46. The molecule has 1 aromatic rings. The number of aryl methyl sites for hydroxylation is 1. The number of thiazole rings is 1. The third-order valence-corrected chi connectivity index (χ3v) is 4.75. The molecule has 1 aromatic heterocycles. The zero-order valence-corrected chi connectivity index (χ0v) is 12.2. The van der Waals surface area contributed by atoms with Gasteiger partial charge in [-0.15, -0.1) is 11.3 Å². The molecule has 0 radical (unpaired) electrons. The van der Waals surface area contributed by atoms with E-state index in [1.165, 1.54) is 0 Å². The summed E-state index contributed by atoms with van der Waals surface area (Å²) in [6.07, 6.45) is 1.41. The maximum absolute atomic E-state index is 11.7. The van der Waals surface area contributed by atoms with Crippen molar-refractivity contribution in [3.05, 3.63) is 16.1 Å². The Morgan fingerprint density at radius 2 is 2.56 bits per heavy atom. The van der Waals surface area contributed by atoms with Gasteiger partial charge < -0.3 is 10.6 Å². The second kappa shape index (κ2) is 7.11. The average molecular weight is 285 g/mol. The monoisotopic (exact) mass is 285 g/mol. The second-order valence-corrected chi connectivity index (χ2v) is 6.60. The molecule has 0 aliphatic carbocycles. The summed E-state index contributed by atoms with van der Waals surface area (Å²) in [5.41, 5.74) is 1.07. The van der Waals surface area contributed by atoms with E-state index in [9.17, 15) is 4.79 Å². The lowest BCUT2D eigenvalue weighted by Gasteiger charge is -2.22. The molecule has 1 saturated heterocycles. The van der Waals surface area contributed by atoms with E-state index >= 15 is 0 Å². The van der Waals surface area contributed by atoms with Crippen molar-refractivity contribution >= 4 is 29.0 Å². The summed E-state index contributed by atoms with van der Waals surface area (Å²) in [7, 11) is 0. The van der Waals surface area contributed by atoms with E-state index in [1.807, 2.05) is 18.7 Å². The molecule has 1 fully saturated rings. The first-order chi connectivity index (χ1) is 8.74. The number of nitrogens with zero attached hydrogens (tertiary/aromatic N) is 1. The fourth-order valence-electron chi connectivity index (χ4n) is 1.90. The van der Waals surface area contributed by atoms with Crippen molar-refractivity contribution in [2.24, 2.45) is 0 Å². The van der Waals surface area contributed by atoms with Gasteiger partial charge in [-0.2, -0.15) is 11.8 Å². The van der Waals surface area contributed by atoms with Crippen molar-refractivity contribution < 1.29 is 4.79 Å². The van der Waals surface area contributed by atoms with Gasteiger partial charge in [-0.25, -0.2) is 4.98 Å². The molecule has 1 aliphatic rings. The maximum Gasteiger partial charge on any atom is 0.221 e. The molecule has 1 amide bonds. The Morgan fingerprint density at radius 1 is 1.67 bits per heavy atom. The minimum Gasteiger partial charge on any atom is -0.356 e. The van der Waals surface area contributed by atoms with Gasteiger partial charge in [0.1, 0.15) is 0 Å². The highest BCUT2D eigenvalue weighted by Crippen LogP contribution is 2.10. The van der Waals surface area contributed by atoms with Crippen LogP contribution in [-0.4, -0.2) is 41.5 Å². The number of amides is 1. The predicted molar refractivity (Wildman–Crippen MR) is 77.3 cm³/mol. The van der Waals surface area contributed by atoms with Crippen molar-refractivity contribution in [2.45, 2.75) is 25.8 Å². The Hall–Kier alpha value is -0.590. The highest BCUT2D eigenvalue weighted by Gasteiger charge is 2.16. The SMILES string of the molecule is Cc1nc(CCNC(=O)CC2CSCCN2)cs1. The van der Waals surface area contributed by atoms with E-state index in [-0.39, 0.29) is 5.91 Å². The molecule has 1 unspecified atom stereocenters. The van der Waals surface area contributed by atoms with Crippen LogP contribution in [0.25, 0.3) is 0 Å². The first kappa shape index (κ1) is 13.8. The largest absolute Gasteiger partial charge is 0.356 e. The molecule has 6 heteroatoms. The van der Waals surface area contributed by atoms with Crippen molar-refractivity contribution in [3.8, 4) is 0 Å². The fourth-order valence-corrected chi connectivity index (χ4v) is 3.50. The van der Waals surface area contributed by atoms with E-state index in [0.29, 0.717) is 19.0 Å². The van der Waals surface area contributed by atoms with Crippen LogP contribution in [0, 0.1) is 6.92 Å². The molecule has 4 nitrogen and oxygen atoms in total. The van der Waals surface area contributed by atoms with E-state index in [1.54, 1.807) is 11.3 Å². The number of hydrogen-bond acceptors (Lipinski definition) is 5. The first-order valence-corrected chi connectivity index (χ1v) is 8.26. The minimum atomic E-state index is 0.141. The molecule has 0 spiro atoms. The van der Waals surface area contributed by atoms with Gasteiger partial charge in [0.2, 0.25) is 5.91 Å². The van der Waals surface area contributed by atoms with Crippen LogP contribution in [0.2, 0.25) is 0 Å². The quantitative estimate of drug-likeness (QED) is 0.854.